The lowest BCUT2D eigenvalue weighted by molar-refractivity contribution is -0.177. The molecule has 0 saturated heterocycles. The van der Waals surface area contributed by atoms with E-state index in [0.29, 0.717) is 4.57 Å². The Morgan fingerprint density at radius 1 is 1.33 bits per heavy atom. The van der Waals surface area contributed by atoms with Crippen LogP contribution in [-0.4, -0.2) is 40.1 Å². The molecule has 8 nitrogen and oxygen atoms in total. The second-order valence-electron chi connectivity index (χ2n) is 5.54. The molecule has 24 heavy (non-hydrogen) atoms. The van der Waals surface area contributed by atoms with E-state index in [1.165, 1.54) is 0 Å². The number of carbonyl (C=O) groups is 2. The molecule has 1 N–H and O–H groups in total. The van der Waals surface area contributed by atoms with Crippen molar-refractivity contribution in [1.29, 1.82) is 0 Å². The van der Waals surface area contributed by atoms with E-state index in [4.69, 9.17) is 9.47 Å². The molecule has 0 radical (unpaired) electrons. The van der Waals surface area contributed by atoms with Crippen molar-refractivity contribution in [3.63, 3.8) is 0 Å². The van der Waals surface area contributed by atoms with Crippen molar-refractivity contribution in [2.24, 2.45) is 5.92 Å². The fourth-order valence-corrected chi connectivity index (χ4v) is 2.78. The van der Waals surface area contributed by atoms with Gasteiger partial charge in [-0.2, -0.15) is 0 Å². The fourth-order valence-electron chi connectivity index (χ4n) is 2.78. The van der Waals surface area contributed by atoms with Gasteiger partial charge in [0.25, 0.3) is 5.56 Å². The number of rotatable bonds is 4. The van der Waals surface area contributed by atoms with Crippen LogP contribution < -0.4 is 11.2 Å². The molecule has 132 valence electrons. The Bertz CT molecular complexity index is 756. The molecule has 3 atom stereocenters. The van der Waals surface area contributed by atoms with Gasteiger partial charge in [-0.05, 0) is 6.42 Å². The highest BCUT2D eigenvalue weighted by molar-refractivity contribution is 5.66. The predicted molar refractivity (Wildman–Crippen MR) is 75.6 cm³/mol. The SMILES string of the molecule is CC(=O)OCC1CC(n2ccc(=O)[nH]c2=O)C(F)(F)C1OC(C)=O. The van der Waals surface area contributed by atoms with Crippen molar-refractivity contribution in [3.05, 3.63) is 33.1 Å². The fraction of sp³-hybridized carbons (Fsp3) is 0.571. The van der Waals surface area contributed by atoms with Crippen LogP contribution in [0.5, 0.6) is 0 Å². The number of hydrogen-bond donors (Lipinski definition) is 1. The maximum absolute atomic E-state index is 14.7. The number of aromatic amines is 1. The summed E-state index contributed by atoms with van der Waals surface area (Å²) in [7, 11) is 0. The first-order valence-corrected chi connectivity index (χ1v) is 7.12. The summed E-state index contributed by atoms with van der Waals surface area (Å²) in [6.45, 7) is 1.73. The molecule has 0 aliphatic heterocycles. The van der Waals surface area contributed by atoms with Crippen LogP contribution in [0.25, 0.3) is 0 Å². The minimum Gasteiger partial charge on any atom is -0.465 e. The number of esters is 2. The van der Waals surface area contributed by atoms with Crippen LogP contribution in [0.3, 0.4) is 0 Å². The van der Waals surface area contributed by atoms with Crippen LogP contribution in [0.4, 0.5) is 8.78 Å². The zero-order valence-corrected chi connectivity index (χ0v) is 13.0. The lowest BCUT2D eigenvalue weighted by Gasteiger charge is -2.26. The largest absolute Gasteiger partial charge is 0.465 e. The summed E-state index contributed by atoms with van der Waals surface area (Å²) >= 11 is 0. The number of carbonyl (C=O) groups excluding carboxylic acids is 2. The van der Waals surface area contributed by atoms with E-state index in [-0.39, 0.29) is 13.0 Å². The molecule has 0 spiro atoms. The Balaban J connectivity index is 2.38. The van der Waals surface area contributed by atoms with Crippen LogP contribution in [0.2, 0.25) is 0 Å². The van der Waals surface area contributed by atoms with Crippen molar-refractivity contribution >= 4 is 11.9 Å². The molecule has 2 rings (SSSR count). The van der Waals surface area contributed by atoms with E-state index >= 15 is 0 Å². The second-order valence-corrected chi connectivity index (χ2v) is 5.54. The third-order valence-corrected chi connectivity index (χ3v) is 3.76. The third kappa shape index (κ3) is 3.52. The highest BCUT2D eigenvalue weighted by Gasteiger charge is 2.60. The average Bonchev–Trinajstić information content (AvgIpc) is 2.68. The van der Waals surface area contributed by atoms with Gasteiger partial charge in [0, 0.05) is 32.0 Å². The third-order valence-electron chi connectivity index (χ3n) is 3.76. The first-order valence-electron chi connectivity index (χ1n) is 7.12. The maximum atomic E-state index is 14.7. The Kier molecular flexibility index (Phi) is 4.86. The van der Waals surface area contributed by atoms with Gasteiger partial charge in [0.2, 0.25) is 0 Å². The number of nitrogens with zero attached hydrogens (tertiary/aromatic N) is 1. The molecular weight excluding hydrogens is 330 g/mol. The molecule has 1 fully saturated rings. The highest BCUT2D eigenvalue weighted by atomic mass is 19.3. The molecule has 0 amide bonds. The predicted octanol–water partition coefficient (Wildman–Crippen LogP) is 0.228. The molecule has 1 aromatic rings. The molecule has 1 saturated carbocycles. The summed E-state index contributed by atoms with van der Waals surface area (Å²) in [5.74, 6) is -6.15. The van der Waals surface area contributed by atoms with Crippen molar-refractivity contribution in [2.45, 2.75) is 38.3 Å². The van der Waals surface area contributed by atoms with Gasteiger partial charge in [0.05, 0.1) is 6.61 Å². The van der Waals surface area contributed by atoms with Gasteiger partial charge in [-0.1, -0.05) is 0 Å². The van der Waals surface area contributed by atoms with Gasteiger partial charge < -0.3 is 9.47 Å². The Morgan fingerprint density at radius 2 is 2.00 bits per heavy atom. The Labute approximate surface area is 134 Å². The second kappa shape index (κ2) is 6.54. The number of halogens is 2. The van der Waals surface area contributed by atoms with E-state index in [0.717, 1.165) is 26.1 Å². The lowest BCUT2D eigenvalue weighted by Crippen LogP contribution is -2.43. The van der Waals surface area contributed by atoms with Crippen LogP contribution in [0, 0.1) is 5.92 Å². The van der Waals surface area contributed by atoms with Gasteiger partial charge in [-0.25, -0.2) is 13.6 Å². The summed E-state index contributed by atoms with van der Waals surface area (Å²) in [6.07, 6.45) is -1.17. The van der Waals surface area contributed by atoms with Crippen LogP contribution in [-0.2, 0) is 19.1 Å². The van der Waals surface area contributed by atoms with Gasteiger partial charge in [0.1, 0.15) is 6.04 Å². The molecule has 0 bridgehead atoms. The minimum absolute atomic E-state index is 0.274. The molecule has 0 aromatic carbocycles. The summed E-state index contributed by atoms with van der Waals surface area (Å²) in [5, 5.41) is 0. The summed E-state index contributed by atoms with van der Waals surface area (Å²) in [6, 6.07) is -0.704. The van der Waals surface area contributed by atoms with E-state index < -0.39 is 47.2 Å². The average molecular weight is 346 g/mol. The topological polar surface area (TPSA) is 107 Å². The minimum atomic E-state index is -3.58. The van der Waals surface area contributed by atoms with Gasteiger partial charge in [-0.3, -0.25) is 23.9 Å². The maximum Gasteiger partial charge on any atom is 0.328 e. The quantitative estimate of drug-likeness (QED) is 0.782. The van der Waals surface area contributed by atoms with Crippen LogP contribution in [0.15, 0.2) is 21.9 Å². The van der Waals surface area contributed by atoms with Crippen molar-refractivity contribution in [3.8, 4) is 0 Å². The molecule has 10 heteroatoms. The first-order chi connectivity index (χ1) is 11.1. The standard InChI is InChI=1S/C14H16F2N2O6/c1-7(19)23-6-9-5-10(14(15,16)12(9)24-8(2)20)18-4-3-11(21)17-13(18)22/h3-4,9-10,12H,5-6H2,1-2H3,(H,17,21,22). The normalized spacial score (nSPS) is 25.2. The number of aromatic nitrogens is 2. The highest BCUT2D eigenvalue weighted by Crippen LogP contribution is 2.48. The monoisotopic (exact) mass is 346 g/mol. The number of H-pyrrole nitrogens is 1. The van der Waals surface area contributed by atoms with Crippen LogP contribution in [0.1, 0.15) is 26.3 Å². The zero-order chi connectivity index (χ0) is 18.1. The summed E-state index contributed by atoms with van der Waals surface area (Å²) < 4.78 is 39.6. The summed E-state index contributed by atoms with van der Waals surface area (Å²) in [4.78, 5) is 46.9. The van der Waals surface area contributed by atoms with Gasteiger partial charge in [-0.15, -0.1) is 0 Å². The van der Waals surface area contributed by atoms with Gasteiger partial charge >= 0.3 is 23.6 Å². The molecule has 1 heterocycles. The molecule has 3 unspecified atom stereocenters. The summed E-state index contributed by atoms with van der Waals surface area (Å²) in [5.41, 5.74) is -1.72. The number of ether oxygens (including phenoxy) is 2. The smallest absolute Gasteiger partial charge is 0.328 e. The van der Waals surface area contributed by atoms with Crippen LogP contribution >= 0.6 is 0 Å². The lowest BCUT2D eigenvalue weighted by atomic mass is 10.1. The number of hydrogen-bond acceptors (Lipinski definition) is 6. The molecular formula is C14H16F2N2O6. The molecule has 1 aliphatic carbocycles. The van der Waals surface area contributed by atoms with Gasteiger partial charge in [0.15, 0.2) is 6.10 Å². The Hall–Kier alpha value is -2.52. The van der Waals surface area contributed by atoms with E-state index in [9.17, 15) is 28.0 Å². The first kappa shape index (κ1) is 17.8. The Morgan fingerprint density at radius 3 is 2.54 bits per heavy atom. The molecule has 1 aromatic heterocycles. The zero-order valence-electron chi connectivity index (χ0n) is 13.0. The van der Waals surface area contributed by atoms with E-state index in [1.807, 2.05) is 4.98 Å². The van der Waals surface area contributed by atoms with Crippen molar-refractivity contribution < 1.29 is 27.8 Å². The number of nitrogens with one attached hydrogen (secondary N) is 1. The van der Waals surface area contributed by atoms with Crippen molar-refractivity contribution in [1.82, 2.24) is 9.55 Å². The van der Waals surface area contributed by atoms with Crippen molar-refractivity contribution in [2.75, 3.05) is 6.61 Å². The van der Waals surface area contributed by atoms with E-state index in [1.54, 1.807) is 0 Å². The van der Waals surface area contributed by atoms with E-state index in [2.05, 4.69) is 0 Å². The number of alkyl halides is 2. The molecule has 1 aliphatic rings.